The average molecular weight is 587 g/mol. The Morgan fingerprint density at radius 2 is 1.19 bits per heavy atom. The molecule has 11 heteroatoms. The molecule has 0 aliphatic rings. The summed E-state index contributed by atoms with van der Waals surface area (Å²) in [6, 6.07) is 12.6. The molecule has 7 aromatic rings. The third-order valence-electron chi connectivity index (χ3n) is 7.37. The minimum atomic E-state index is -1.45. The van der Waals surface area contributed by atoms with Gasteiger partial charge in [-0.2, -0.15) is 0 Å². The summed E-state index contributed by atoms with van der Waals surface area (Å²) in [5.41, 5.74) is -1.29. The second kappa shape index (κ2) is 9.35. The summed E-state index contributed by atoms with van der Waals surface area (Å²) in [5.74, 6) is -2.77. The highest BCUT2D eigenvalue weighted by Gasteiger charge is 2.35. The number of furan rings is 2. The molecule has 0 fully saturated rings. The fourth-order valence-corrected chi connectivity index (χ4v) is 5.83. The molecule has 3 aromatic carbocycles. The zero-order valence-electron chi connectivity index (χ0n) is 21.9. The maximum Gasteiger partial charge on any atom is 0.290 e. The number of hydrogen-bond acceptors (Lipinski definition) is 10. The van der Waals surface area contributed by atoms with Gasteiger partial charge in [-0.1, -0.05) is 29.8 Å². The lowest BCUT2D eigenvalue weighted by Crippen LogP contribution is -2.22. The molecular formula is C31H19ClO10. The summed E-state index contributed by atoms with van der Waals surface area (Å²) in [4.78, 5) is 28.6. The van der Waals surface area contributed by atoms with Crippen molar-refractivity contribution in [3.05, 3.63) is 103 Å². The van der Waals surface area contributed by atoms with Crippen LogP contribution in [0, 0.1) is 0 Å². The molecule has 0 atom stereocenters. The minimum absolute atomic E-state index is 0.0152. The van der Waals surface area contributed by atoms with Crippen LogP contribution < -0.4 is 20.3 Å². The molecule has 42 heavy (non-hydrogen) atoms. The summed E-state index contributed by atoms with van der Waals surface area (Å²) >= 11 is 6.61. The Balaban J connectivity index is 1.64. The summed E-state index contributed by atoms with van der Waals surface area (Å²) in [6.07, 6.45) is 2.85. The van der Waals surface area contributed by atoms with Crippen LogP contribution >= 0.6 is 11.6 Å². The predicted octanol–water partition coefficient (Wildman–Crippen LogP) is 6.65. The Kier molecular flexibility index (Phi) is 5.70. The third-order valence-corrected chi connectivity index (χ3v) is 7.71. The summed E-state index contributed by atoms with van der Waals surface area (Å²) in [5, 5.41) is 23.6. The molecular weight excluding hydrogens is 568 g/mol. The highest BCUT2D eigenvalue weighted by Crippen LogP contribution is 2.45. The van der Waals surface area contributed by atoms with Gasteiger partial charge in [0.05, 0.1) is 54.6 Å². The molecule has 2 N–H and O–H groups in total. The fourth-order valence-electron chi connectivity index (χ4n) is 5.59. The van der Waals surface area contributed by atoms with E-state index in [4.69, 9.17) is 38.7 Å². The maximum atomic E-state index is 14.3. The molecule has 0 radical (unpaired) electrons. The van der Waals surface area contributed by atoms with Crippen molar-refractivity contribution in [1.82, 2.24) is 0 Å². The smallest absolute Gasteiger partial charge is 0.290 e. The second-order valence-electron chi connectivity index (χ2n) is 9.49. The van der Waals surface area contributed by atoms with E-state index in [1.807, 2.05) is 0 Å². The van der Waals surface area contributed by atoms with Gasteiger partial charge in [0.2, 0.25) is 10.9 Å². The summed E-state index contributed by atoms with van der Waals surface area (Å²) < 4.78 is 33.5. The van der Waals surface area contributed by atoms with Gasteiger partial charge in [-0.25, -0.2) is 0 Å². The number of rotatable bonds is 5. The van der Waals surface area contributed by atoms with Crippen LogP contribution in [0.5, 0.6) is 23.4 Å². The topological polar surface area (TPSA) is 146 Å². The lowest BCUT2D eigenvalue weighted by Gasteiger charge is -2.20. The van der Waals surface area contributed by atoms with Crippen molar-refractivity contribution in [3.8, 4) is 23.4 Å². The molecule has 0 aliphatic heterocycles. The van der Waals surface area contributed by atoms with Crippen LogP contribution in [-0.2, 0) is 0 Å². The predicted molar refractivity (Wildman–Crippen MR) is 153 cm³/mol. The Morgan fingerprint density at radius 1 is 0.714 bits per heavy atom. The SMILES string of the molecule is COc1c2ccoc2cc2oc(O)c(C(c3ccccc3Cl)c3c(O)oc4cc5occc5c(OC)c4c3=O)c(=O)c12. The van der Waals surface area contributed by atoms with Crippen molar-refractivity contribution in [1.29, 1.82) is 0 Å². The van der Waals surface area contributed by atoms with Gasteiger partial charge in [0.25, 0.3) is 11.9 Å². The van der Waals surface area contributed by atoms with E-state index in [1.54, 1.807) is 36.4 Å². The van der Waals surface area contributed by atoms with Crippen molar-refractivity contribution >= 4 is 55.5 Å². The molecule has 210 valence electrons. The van der Waals surface area contributed by atoms with Crippen molar-refractivity contribution in [2.24, 2.45) is 0 Å². The Hall–Kier alpha value is -5.35. The number of hydrogen-bond donors (Lipinski definition) is 2. The highest BCUT2D eigenvalue weighted by molar-refractivity contribution is 6.31. The van der Waals surface area contributed by atoms with E-state index in [9.17, 15) is 19.8 Å². The Morgan fingerprint density at radius 3 is 1.64 bits per heavy atom. The molecule has 4 aromatic heterocycles. The molecule has 0 bridgehead atoms. The van der Waals surface area contributed by atoms with Crippen molar-refractivity contribution in [3.63, 3.8) is 0 Å². The second-order valence-corrected chi connectivity index (χ2v) is 9.89. The highest BCUT2D eigenvalue weighted by atomic mass is 35.5. The molecule has 0 saturated carbocycles. The molecule has 7 rings (SSSR count). The molecule has 0 aliphatic carbocycles. The first-order valence-corrected chi connectivity index (χ1v) is 12.9. The first-order chi connectivity index (χ1) is 20.3. The van der Waals surface area contributed by atoms with Gasteiger partial charge in [0.15, 0.2) is 0 Å². The molecule has 4 heterocycles. The molecule has 0 amide bonds. The zero-order valence-corrected chi connectivity index (χ0v) is 22.6. The van der Waals surface area contributed by atoms with Crippen LogP contribution in [-0.4, -0.2) is 24.4 Å². The van der Waals surface area contributed by atoms with Crippen LogP contribution in [0.1, 0.15) is 22.6 Å². The van der Waals surface area contributed by atoms with Crippen molar-refractivity contribution in [2.45, 2.75) is 5.92 Å². The molecule has 0 unspecified atom stereocenters. The monoisotopic (exact) mass is 586 g/mol. The van der Waals surface area contributed by atoms with E-state index >= 15 is 0 Å². The number of methoxy groups -OCH3 is 2. The van der Waals surface area contributed by atoms with E-state index in [2.05, 4.69) is 0 Å². The quantitative estimate of drug-likeness (QED) is 0.224. The average Bonchev–Trinajstić information content (AvgIpc) is 3.64. The van der Waals surface area contributed by atoms with Crippen LogP contribution in [0.2, 0.25) is 5.02 Å². The normalized spacial score (nSPS) is 11.8. The lowest BCUT2D eigenvalue weighted by atomic mass is 9.84. The number of benzene rings is 3. The number of halogens is 1. The molecule has 0 saturated heterocycles. The van der Waals surface area contributed by atoms with Gasteiger partial charge in [-0.05, 0) is 23.8 Å². The van der Waals surface area contributed by atoms with Crippen LogP contribution in [0.25, 0.3) is 43.9 Å². The number of ether oxygens (including phenoxy) is 2. The number of aromatic hydroxyl groups is 2. The van der Waals surface area contributed by atoms with Gasteiger partial charge in [-0.15, -0.1) is 0 Å². The van der Waals surface area contributed by atoms with Crippen molar-refractivity contribution in [2.75, 3.05) is 14.2 Å². The maximum absolute atomic E-state index is 14.3. The van der Waals surface area contributed by atoms with Gasteiger partial charge in [0.1, 0.15) is 44.6 Å². The van der Waals surface area contributed by atoms with E-state index in [1.165, 1.54) is 38.9 Å². The van der Waals surface area contributed by atoms with E-state index in [0.717, 1.165) is 0 Å². The summed E-state index contributed by atoms with van der Waals surface area (Å²) in [7, 11) is 2.76. The standard InChI is InChI=1S/C31H19ClO10/c1-37-28-14-7-9-39-17(14)11-19-22(28)26(33)24(30(35)41-19)21(13-5-3-4-6-16(13)32)25-27(34)23-20(42-31(25)36)12-18-15(8-10-40-18)29(23)38-2/h3-12,21,35-36H,1-2H3. The fraction of sp³-hybridized carbons (Fsp3) is 0.0968. The van der Waals surface area contributed by atoms with E-state index in [-0.39, 0.29) is 55.2 Å². The zero-order chi connectivity index (χ0) is 29.3. The van der Waals surface area contributed by atoms with E-state index < -0.39 is 28.7 Å². The minimum Gasteiger partial charge on any atom is -0.495 e. The van der Waals surface area contributed by atoms with Gasteiger partial charge >= 0.3 is 0 Å². The number of fused-ring (bicyclic) bond motifs is 4. The summed E-state index contributed by atoms with van der Waals surface area (Å²) in [6.45, 7) is 0. The van der Waals surface area contributed by atoms with Crippen LogP contribution in [0.15, 0.2) is 88.3 Å². The van der Waals surface area contributed by atoms with Gasteiger partial charge in [-0.3, -0.25) is 9.59 Å². The first kappa shape index (κ1) is 25.6. The Labute approximate surface area is 239 Å². The van der Waals surface area contributed by atoms with Gasteiger partial charge in [0, 0.05) is 17.2 Å². The largest absolute Gasteiger partial charge is 0.495 e. The molecule has 10 nitrogen and oxygen atoms in total. The van der Waals surface area contributed by atoms with Crippen molar-refractivity contribution < 1.29 is 37.4 Å². The van der Waals surface area contributed by atoms with E-state index in [0.29, 0.717) is 21.9 Å². The van der Waals surface area contributed by atoms with Gasteiger partial charge < -0.3 is 37.4 Å². The first-order valence-electron chi connectivity index (χ1n) is 12.6. The lowest BCUT2D eigenvalue weighted by molar-refractivity contribution is 0.323. The van der Waals surface area contributed by atoms with Crippen LogP contribution in [0.4, 0.5) is 0 Å². The third kappa shape index (κ3) is 3.52. The van der Waals surface area contributed by atoms with Crippen LogP contribution in [0.3, 0.4) is 0 Å². The Bertz CT molecular complexity index is 2180. The molecule has 0 spiro atoms.